The van der Waals surface area contributed by atoms with Crippen LogP contribution in [0.1, 0.15) is 30.5 Å². The molecule has 0 bridgehead atoms. The fourth-order valence-corrected chi connectivity index (χ4v) is 1.54. The highest BCUT2D eigenvalue weighted by Crippen LogP contribution is 2.23. The van der Waals surface area contributed by atoms with Crippen LogP contribution in [-0.4, -0.2) is 18.3 Å². The first kappa shape index (κ1) is 15.7. The van der Waals surface area contributed by atoms with Crippen molar-refractivity contribution in [1.29, 1.82) is 0 Å². The van der Waals surface area contributed by atoms with Crippen molar-refractivity contribution in [3.05, 3.63) is 41.5 Å². The molecule has 0 saturated carbocycles. The molecule has 0 fully saturated rings. The molecule has 1 aromatic carbocycles. The van der Waals surface area contributed by atoms with Crippen LogP contribution >= 0.6 is 0 Å². The second-order valence-corrected chi connectivity index (χ2v) is 3.78. The van der Waals surface area contributed by atoms with Crippen molar-refractivity contribution < 1.29 is 9.84 Å². The zero-order chi connectivity index (χ0) is 13.3. The van der Waals surface area contributed by atoms with Gasteiger partial charge in [0.2, 0.25) is 0 Å². The maximum Gasteiger partial charge on any atom is 0.118 e. The zero-order valence-electron chi connectivity index (χ0n) is 11.4. The van der Waals surface area contributed by atoms with Crippen molar-refractivity contribution in [3.63, 3.8) is 0 Å². The molecule has 2 heteroatoms. The van der Waals surface area contributed by atoms with Crippen molar-refractivity contribution in [1.82, 2.24) is 0 Å². The van der Waals surface area contributed by atoms with Crippen LogP contribution in [0.15, 0.2) is 24.8 Å². The van der Waals surface area contributed by atoms with Gasteiger partial charge >= 0.3 is 0 Å². The molecule has 0 saturated heterocycles. The van der Waals surface area contributed by atoms with Gasteiger partial charge in [0.25, 0.3) is 0 Å². The van der Waals surface area contributed by atoms with Gasteiger partial charge in [-0.3, -0.25) is 0 Å². The summed E-state index contributed by atoms with van der Waals surface area (Å²) in [4.78, 5) is 0. The Labute approximate surface area is 105 Å². The van der Waals surface area contributed by atoms with Crippen LogP contribution in [0, 0.1) is 13.8 Å². The van der Waals surface area contributed by atoms with Crippen LogP contribution in [0.5, 0.6) is 5.75 Å². The minimum Gasteiger partial charge on any atom is -0.508 e. The number of ether oxygens (including phenoxy) is 1. The maximum absolute atomic E-state index is 9.42. The average Bonchev–Trinajstić information content (AvgIpc) is 2.32. The molecule has 0 heterocycles. The SMILES string of the molecule is C=CCc1c(C)ccc(O)c1C.CCOCC. The van der Waals surface area contributed by atoms with Crippen molar-refractivity contribution >= 4 is 0 Å². The van der Waals surface area contributed by atoms with Gasteiger partial charge in [0.1, 0.15) is 5.75 Å². The molecule has 1 N–H and O–H groups in total. The van der Waals surface area contributed by atoms with Gasteiger partial charge in [-0.15, -0.1) is 6.58 Å². The molecule has 0 aliphatic rings. The highest BCUT2D eigenvalue weighted by atomic mass is 16.5. The van der Waals surface area contributed by atoms with Gasteiger partial charge in [-0.1, -0.05) is 12.1 Å². The highest BCUT2D eigenvalue weighted by Gasteiger charge is 2.03. The number of aromatic hydroxyl groups is 1. The lowest BCUT2D eigenvalue weighted by atomic mass is 9.99. The Kier molecular flexibility index (Phi) is 8.16. The maximum atomic E-state index is 9.42. The summed E-state index contributed by atoms with van der Waals surface area (Å²) in [6.07, 6.45) is 2.68. The number of rotatable bonds is 4. The molecule has 0 spiro atoms. The van der Waals surface area contributed by atoms with Gasteiger partial charge < -0.3 is 9.84 Å². The van der Waals surface area contributed by atoms with Crippen molar-refractivity contribution in [2.45, 2.75) is 34.1 Å². The molecule has 17 heavy (non-hydrogen) atoms. The predicted molar refractivity (Wildman–Crippen MR) is 73.6 cm³/mol. The van der Waals surface area contributed by atoms with Crippen molar-refractivity contribution in [2.75, 3.05) is 13.2 Å². The quantitative estimate of drug-likeness (QED) is 0.806. The average molecular weight is 236 g/mol. The molecule has 0 amide bonds. The van der Waals surface area contributed by atoms with Gasteiger partial charge in [0.05, 0.1) is 0 Å². The van der Waals surface area contributed by atoms with Gasteiger partial charge in [0.15, 0.2) is 0 Å². The number of hydrogen-bond donors (Lipinski definition) is 1. The van der Waals surface area contributed by atoms with Crippen LogP contribution in [0.25, 0.3) is 0 Å². The van der Waals surface area contributed by atoms with E-state index >= 15 is 0 Å². The Balaban J connectivity index is 0.000000437. The molecule has 1 aromatic rings. The molecule has 0 aliphatic heterocycles. The summed E-state index contributed by atoms with van der Waals surface area (Å²) in [7, 11) is 0. The van der Waals surface area contributed by atoms with Gasteiger partial charge in [0, 0.05) is 13.2 Å². The summed E-state index contributed by atoms with van der Waals surface area (Å²) < 4.78 is 4.83. The third-order valence-corrected chi connectivity index (χ3v) is 2.56. The number of phenolic OH excluding ortho intramolecular Hbond substituents is 1. The van der Waals surface area contributed by atoms with Crippen LogP contribution < -0.4 is 0 Å². The lowest BCUT2D eigenvalue weighted by molar-refractivity contribution is 0.162. The van der Waals surface area contributed by atoms with Gasteiger partial charge in [-0.05, 0) is 56.9 Å². The Bertz CT molecular complexity index is 341. The normalized spacial score (nSPS) is 9.41. The Morgan fingerprint density at radius 3 is 2.24 bits per heavy atom. The largest absolute Gasteiger partial charge is 0.508 e. The topological polar surface area (TPSA) is 29.5 Å². The summed E-state index contributed by atoms with van der Waals surface area (Å²) in [5.41, 5.74) is 3.37. The predicted octanol–water partition coefficient (Wildman–Crippen LogP) is 3.78. The molecule has 0 aromatic heterocycles. The third kappa shape index (κ3) is 5.55. The smallest absolute Gasteiger partial charge is 0.118 e. The first-order valence-corrected chi connectivity index (χ1v) is 6.05. The molecule has 96 valence electrons. The molecular formula is C15H24O2. The van der Waals surface area contributed by atoms with E-state index in [4.69, 9.17) is 4.74 Å². The van der Waals surface area contributed by atoms with E-state index in [9.17, 15) is 5.11 Å². The second kappa shape index (κ2) is 8.82. The molecular weight excluding hydrogens is 212 g/mol. The van der Waals surface area contributed by atoms with E-state index < -0.39 is 0 Å². The molecule has 2 nitrogen and oxygen atoms in total. The third-order valence-electron chi connectivity index (χ3n) is 2.56. The molecule has 0 aliphatic carbocycles. The fourth-order valence-electron chi connectivity index (χ4n) is 1.54. The number of hydrogen-bond acceptors (Lipinski definition) is 2. The number of benzene rings is 1. The van der Waals surface area contributed by atoms with E-state index in [1.54, 1.807) is 6.07 Å². The van der Waals surface area contributed by atoms with Gasteiger partial charge in [-0.25, -0.2) is 0 Å². The minimum absolute atomic E-state index is 0.373. The summed E-state index contributed by atoms with van der Waals surface area (Å²) in [6, 6.07) is 3.67. The monoisotopic (exact) mass is 236 g/mol. The van der Waals surface area contributed by atoms with Crippen LogP contribution in [-0.2, 0) is 11.2 Å². The Hall–Kier alpha value is -1.28. The van der Waals surface area contributed by atoms with E-state index in [-0.39, 0.29) is 0 Å². The van der Waals surface area contributed by atoms with Crippen LogP contribution in [0.4, 0.5) is 0 Å². The second-order valence-electron chi connectivity index (χ2n) is 3.78. The lowest BCUT2D eigenvalue weighted by Crippen LogP contribution is -1.91. The number of aryl methyl sites for hydroxylation is 1. The summed E-state index contributed by atoms with van der Waals surface area (Å²) >= 11 is 0. The highest BCUT2D eigenvalue weighted by molar-refractivity contribution is 5.43. The van der Waals surface area contributed by atoms with E-state index in [1.807, 2.05) is 39.8 Å². The standard InChI is InChI=1S/C11H14O.C4H10O/c1-4-5-10-8(2)6-7-11(12)9(10)3;1-3-5-4-2/h4,6-7,12H,1,5H2,2-3H3;3-4H2,1-2H3. The summed E-state index contributed by atoms with van der Waals surface area (Å²) in [6.45, 7) is 13.3. The van der Waals surface area contributed by atoms with E-state index in [0.29, 0.717) is 5.75 Å². The van der Waals surface area contributed by atoms with Gasteiger partial charge in [-0.2, -0.15) is 0 Å². The number of phenols is 1. The summed E-state index contributed by atoms with van der Waals surface area (Å²) in [5, 5.41) is 9.42. The van der Waals surface area contributed by atoms with Crippen molar-refractivity contribution in [3.8, 4) is 5.75 Å². The van der Waals surface area contributed by atoms with Crippen LogP contribution in [0.2, 0.25) is 0 Å². The number of allylic oxidation sites excluding steroid dienone is 1. The Morgan fingerprint density at radius 1 is 1.24 bits per heavy atom. The lowest BCUT2D eigenvalue weighted by Gasteiger charge is -2.08. The van der Waals surface area contributed by atoms with E-state index in [2.05, 4.69) is 6.58 Å². The van der Waals surface area contributed by atoms with E-state index in [1.165, 1.54) is 11.1 Å². The summed E-state index contributed by atoms with van der Waals surface area (Å²) in [5.74, 6) is 0.373. The van der Waals surface area contributed by atoms with Crippen molar-refractivity contribution in [2.24, 2.45) is 0 Å². The molecule has 0 atom stereocenters. The fraction of sp³-hybridized carbons (Fsp3) is 0.467. The molecule has 1 rings (SSSR count). The minimum atomic E-state index is 0.373. The first-order valence-electron chi connectivity index (χ1n) is 6.05. The first-order chi connectivity index (χ1) is 8.08. The zero-order valence-corrected chi connectivity index (χ0v) is 11.4. The van der Waals surface area contributed by atoms with Crippen LogP contribution in [0.3, 0.4) is 0 Å². The van der Waals surface area contributed by atoms with E-state index in [0.717, 1.165) is 25.2 Å². The Morgan fingerprint density at radius 2 is 1.82 bits per heavy atom. The molecule has 0 radical (unpaired) electrons. The molecule has 0 unspecified atom stereocenters.